The van der Waals surface area contributed by atoms with Crippen molar-refractivity contribution >= 4 is 21.9 Å². The molecule has 1 fully saturated rings. The van der Waals surface area contributed by atoms with Gasteiger partial charge in [-0.25, -0.2) is 4.21 Å². The van der Waals surface area contributed by atoms with Crippen LogP contribution in [0.1, 0.15) is 42.5 Å². The van der Waals surface area contributed by atoms with Gasteiger partial charge in [0.1, 0.15) is 0 Å². The molecule has 1 saturated carbocycles. The Kier molecular flexibility index (Phi) is 4.63. The molecule has 1 aromatic carbocycles. The van der Waals surface area contributed by atoms with Crippen LogP contribution in [0.4, 0.5) is 0 Å². The quantitative estimate of drug-likeness (QED) is 0.593. The van der Waals surface area contributed by atoms with Crippen molar-refractivity contribution in [2.45, 2.75) is 43.4 Å². The minimum Gasteiger partial charge on any atom is -0.302 e. The van der Waals surface area contributed by atoms with Gasteiger partial charge in [-0.1, -0.05) is 30.9 Å². The number of allylic oxidation sites excluding steroid dienone is 5. The summed E-state index contributed by atoms with van der Waals surface area (Å²) in [5, 5.41) is 1.86. The van der Waals surface area contributed by atoms with E-state index in [1.54, 1.807) is 6.08 Å². The van der Waals surface area contributed by atoms with E-state index in [2.05, 4.69) is 29.8 Å². The maximum absolute atomic E-state index is 12.2. The van der Waals surface area contributed by atoms with Crippen molar-refractivity contribution in [3.05, 3.63) is 71.6 Å². The third kappa shape index (κ3) is 3.08. The largest absolute Gasteiger partial charge is 0.302 e. The molecule has 0 amide bonds. The van der Waals surface area contributed by atoms with Crippen LogP contribution < -0.4 is 0 Å². The molecule has 3 nitrogen and oxygen atoms in total. The highest BCUT2D eigenvalue weighted by Gasteiger charge is 2.30. The van der Waals surface area contributed by atoms with Crippen LogP contribution >= 0.6 is 0 Å². The van der Waals surface area contributed by atoms with Crippen LogP contribution in [0.5, 0.6) is 0 Å². The van der Waals surface area contributed by atoms with Crippen LogP contribution in [0.3, 0.4) is 0 Å². The Morgan fingerprint density at radius 2 is 2.15 bits per heavy atom. The Bertz CT molecular complexity index is 970. The molecule has 4 heteroatoms. The first-order valence-corrected chi connectivity index (χ1v) is 10.2. The van der Waals surface area contributed by atoms with Crippen molar-refractivity contribution in [3.63, 3.8) is 0 Å². The summed E-state index contributed by atoms with van der Waals surface area (Å²) in [5.41, 5.74) is 4.52. The molecule has 2 aliphatic carbocycles. The maximum Gasteiger partial charge on any atom is 0.187 e. The highest BCUT2D eigenvalue weighted by atomic mass is 32.2. The Morgan fingerprint density at radius 3 is 2.81 bits per heavy atom. The molecule has 0 aliphatic heterocycles. The number of pyridine rings is 1. The molecule has 0 spiro atoms. The molecule has 2 aliphatic rings. The molecule has 4 rings (SSSR count). The number of hydrogen-bond acceptors (Lipinski definition) is 2. The summed E-state index contributed by atoms with van der Waals surface area (Å²) in [7, 11) is 0. The minimum atomic E-state index is -2.00. The van der Waals surface area contributed by atoms with Crippen molar-refractivity contribution in [2.24, 2.45) is 5.92 Å². The number of aromatic nitrogens is 1. The zero-order chi connectivity index (χ0) is 18.3. The molecule has 1 aromatic heterocycles. The Morgan fingerprint density at radius 1 is 1.35 bits per heavy atom. The van der Waals surface area contributed by atoms with Crippen LogP contribution in [-0.4, -0.2) is 13.7 Å². The second-order valence-corrected chi connectivity index (χ2v) is 8.09. The molecular weight excluding hydrogens is 342 g/mol. The third-order valence-corrected chi connectivity index (χ3v) is 6.32. The summed E-state index contributed by atoms with van der Waals surface area (Å²) < 4.78 is 22.3. The van der Waals surface area contributed by atoms with Crippen molar-refractivity contribution in [1.29, 1.82) is 0 Å². The lowest BCUT2D eigenvalue weighted by Gasteiger charge is -2.11. The predicted octanol–water partition coefficient (Wildman–Crippen LogP) is 5.10. The predicted molar refractivity (Wildman–Crippen MR) is 107 cm³/mol. The van der Waals surface area contributed by atoms with Crippen molar-refractivity contribution in [1.82, 2.24) is 4.98 Å². The van der Waals surface area contributed by atoms with Gasteiger partial charge in [0.15, 0.2) is 11.1 Å². The zero-order valence-electron chi connectivity index (χ0n) is 14.9. The number of nitrogens with zero attached hydrogens (tertiary/aromatic N) is 1. The molecular formula is C22H23NO2S. The number of fused-ring (bicyclic) bond motifs is 2. The van der Waals surface area contributed by atoms with Gasteiger partial charge < -0.3 is 4.55 Å². The van der Waals surface area contributed by atoms with Gasteiger partial charge >= 0.3 is 0 Å². The maximum atomic E-state index is 12.2. The molecule has 1 N–H and O–H groups in total. The lowest BCUT2D eigenvalue weighted by atomic mass is 9.95. The fourth-order valence-corrected chi connectivity index (χ4v) is 4.84. The van der Waals surface area contributed by atoms with Crippen LogP contribution in [0.15, 0.2) is 59.7 Å². The summed E-state index contributed by atoms with van der Waals surface area (Å²) in [6, 6.07) is 4.20. The molecule has 26 heavy (non-hydrogen) atoms. The van der Waals surface area contributed by atoms with Gasteiger partial charge in [-0.05, 0) is 67.4 Å². The smallest absolute Gasteiger partial charge is 0.187 e. The van der Waals surface area contributed by atoms with E-state index in [1.807, 2.05) is 25.3 Å². The first kappa shape index (κ1) is 17.4. The fourth-order valence-electron chi connectivity index (χ4n) is 4.05. The molecule has 0 radical (unpaired) electrons. The standard InChI is InChI=1S/C22H23NO2S/c1-3-5-6-14(4-2)16-9-17-10-18-13-23-21(15-7-8-15)12-20(18)22(26(24)25)19(17)11-16/h3-6,10,12-13,15-16H,1,7-9,11H2,2H3,(H,24,25)/b6-5-,14-4+. The second kappa shape index (κ2) is 6.93. The average molecular weight is 365 g/mol. The van der Waals surface area contributed by atoms with E-state index in [9.17, 15) is 8.76 Å². The number of benzene rings is 1. The van der Waals surface area contributed by atoms with Gasteiger partial charge in [-0.2, -0.15) is 0 Å². The van der Waals surface area contributed by atoms with Gasteiger partial charge in [0.2, 0.25) is 0 Å². The van der Waals surface area contributed by atoms with E-state index in [0.29, 0.717) is 16.7 Å². The van der Waals surface area contributed by atoms with Gasteiger partial charge in [0.25, 0.3) is 0 Å². The molecule has 0 bridgehead atoms. The van der Waals surface area contributed by atoms with E-state index < -0.39 is 11.1 Å². The highest BCUT2D eigenvalue weighted by molar-refractivity contribution is 7.79. The Balaban J connectivity index is 1.81. The molecule has 134 valence electrons. The topological polar surface area (TPSA) is 50.2 Å². The summed E-state index contributed by atoms with van der Waals surface area (Å²) in [6.45, 7) is 5.78. The van der Waals surface area contributed by atoms with Crippen LogP contribution in [0, 0.1) is 5.92 Å². The summed E-state index contributed by atoms with van der Waals surface area (Å²) in [6.07, 6.45) is 13.8. The van der Waals surface area contributed by atoms with Crippen LogP contribution in [0.2, 0.25) is 0 Å². The molecule has 2 aromatic rings. The summed E-state index contributed by atoms with van der Waals surface area (Å²) >= 11 is -2.00. The monoisotopic (exact) mass is 365 g/mol. The lowest BCUT2D eigenvalue weighted by molar-refractivity contribution is 0.563. The van der Waals surface area contributed by atoms with Crippen molar-refractivity contribution < 1.29 is 8.76 Å². The number of rotatable bonds is 5. The molecule has 2 atom stereocenters. The zero-order valence-corrected chi connectivity index (χ0v) is 15.8. The van der Waals surface area contributed by atoms with E-state index in [4.69, 9.17) is 0 Å². The summed E-state index contributed by atoms with van der Waals surface area (Å²) in [5.74, 6) is 0.861. The highest BCUT2D eigenvalue weighted by Crippen LogP contribution is 2.42. The first-order chi connectivity index (χ1) is 12.6. The van der Waals surface area contributed by atoms with Gasteiger partial charge in [-0.15, -0.1) is 0 Å². The van der Waals surface area contributed by atoms with E-state index in [-0.39, 0.29) is 0 Å². The molecule has 1 heterocycles. The van der Waals surface area contributed by atoms with E-state index in [1.165, 1.54) is 24.0 Å². The molecule has 0 saturated heterocycles. The van der Waals surface area contributed by atoms with Crippen molar-refractivity contribution in [2.75, 3.05) is 0 Å². The lowest BCUT2D eigenvalue weighted by Crippen LogP contribution is -2.03. The normalized spacial score (nSPS) is 21.3. The third-order valence-electron chi connectivity index (χ3n) is 5.51. The molecule has 2 unspecified atom stereocenters. The van der Waals surface area contributed by atoms with E-state index in [0.717, 1.165) is 34.9 Å². The Labute approximate surface area is 156 Å². The average Bonchev–Trinajstić information content (AvgIpc) is 3.40. The second-order valence-electron chi connectivity index (χ2n) is 7.19. The van der Waals surface area contributed by atoms with Crippen molar-refractivity contribution in [3.8, 4) is 0 Å². The minimum absolute atomic E-state index is 0.334. The van der Waals surface area contributed by atoms with Gasteiger partial charge in [-0.3, -0.25) is 4.98 Å². The first-order valence-electron chi connectivity index (χ1n) is 9.13. The fraction of sp³-hybridized carbons (Fsp3) is 0.318. The number of hydrogen-bond donors (Lipinski definition) is 1. The van der Waals surface area contributed by atoms with Gasteiger partial charge in [0, 0.05) is 28.6 Å². The SMILES string of the molecule is C=C/C=C\C(=C/C)C1Cc2cc3cnc(C4CC4)cc3c(S(=O)O)c2C1. The van der Waals surface area contributed by atoms with Crippen LogP contribution in [0.25, 0.3) is 10.8 Å². The van der Waals surface area contributed by atoms with Gasteiger partial charge in [0.05, 0.1) is 4.90 Å². The summed E-state index contributed by atoms with van der Waals surface area (Å²) in [4.78, 5) is 5.18. The van der Waals surface area contributed by atoms with Crippen LogP contribution in [-0.2, 0) is 23.9 Å². The Hall–Kier alpha value is -2.04. The van der Waals surface area contributed by atoms with E-state index >= 15 is 0 Å².